The topological polar surface area (TPSA) is 29.3 Å². The number of hydrogen-bond donors (Lipinski definition) is 1. The molecule has 0 aromatic carbocycles. The Morgan fingerprint density at radius 1 is 1.24 bits per heavy atom. The molecule has 1 aliphatic heterocycles. The van der Waals surface area contributed by atoms with Crippen LogP contribution in [-0.2, 0) is 0 Å². The van der Waals surface area contributed by atoms with Crippen molar-refractivity contribution < 1.29 is 0 Å². The van der Waals surface area contributed by atoms with Crippen molar-refractivity contribution in [2.24, 2.45) is 17.6 Å². The lowest BCUT2D eigenvalue weighted by molar-refractivity contribution is -0.0193. The molecule has 0 amide bonds. The van der Waals surface area contributed by atoms with Crippen molar-refractivity contribution in [2.45, 2.75) is 70.9 Å². The van der Waals surface area contributed by atoms with Gasteiger partial charge in [0.1, 0.15) is 0 Å². The Bertz CT molecular complexity index is 253. The van der Waals surface area contributed by atoms with Crippen molar-refractivity contribution >= 4 is 0 Å². The molecule has 0 spiro atoms. The zero-order chi connectivity index (χ0) is 12.5. The van der Waals surface area contributed by atoms with Gasteiger partial charge in [-0.1, -0.05) is 26.7 Å². The van der Waals surface area contributed by atoms with Crippen LogP contribution in [0.4, 0.5) is 0 Å². The summed E-state index contributed by atoms with van der Waals surface area (Å²) in [7, 11) is 0. The highest BCUT2D eigenvalue weighted by molar-refractivity contribution is 5.04. The van der Waals surface area contributed by atoms with Crippen molar-refractivity contribution in [1.29, 1.82) is 0 Å². The van der Waals surface area contributed by atoms with Gasteiger partial charge in [0.05, 0.1) is 0 Å². The average molecular weight is 238 g/mol. The summed E-state index contributed by atoms with van der Waals surface area (Å²) in [4.78, 5) is 2.79. The highest BCUT2D eigenvalue weighted by Gasteiger charge is 2.48. The summed E-state index contributed by atoms with van der Waals surface area (Å²) in [5.41, 5.74) is 6.57. The Kier molecular flexibility index (Phi) is 4.14. The van der Waals surface area contributed by atoms with E-state index in [2.05, 4.69) is 25.7 Å². The van der Waals surface area contributed by atoms with Crippen LogP contribution in [-0.4, -0.2) is 29.6 Å². The first-order chi connectivity index (χ1) is 8.15. The molecule has 0 aromatic rings. The van der Waals surface area contributed by atoms with Gasteiger partial charge in [0, 0.05) is 18.1 Å². The minimum Gasteiger partial charge on any atom is -0.329 e. The highest BCUT2D eigenvalue weighted by Crippen LogP contribution is 2.44. The van der Waals surface area contributed by atoms with Crippen LogP contribution in [0.5, 0.6) is 0 Å². The van der Waals surface area contributed by atoms with Gasteiger partial charge in [-0.15, -0.1) is 0 Å². The van der Waals surface area contributed by atoms with E-state index in [0.29, 0.717) is 5.54 Å². The molecular formula is C15H30N2. The molecule has 0 aromatic heterocycles. The van der Waals surface area contributed by atoms with Crippen LogP contribution < -0.4 is 5.73 Å². The maximum absolute atomic E-state index is 6.23. The zero-order valence-electron chi connectivity index (χ0n) is 11.9. The lowest BCUT2D eigenvalue weighted by atomic mass is 9.79. The molecule has 17 heavy (non-hydrogen) atoms. The first kappa shape index (κ1) is 13.4. The molecule has 1 saturated heterocycles. The first-order valence-corrected chi connectivity index (χ1v) is 7.62. The maximum atomic E-state index is 6.23. The van der Waals surface area contributed by atoms with Crippen LogP contribution in [0, 0.1) is 11.8 Å². The molecule has 2 aliphatic rings. The summed E-state index contributed by atoms with van der Waals surface area (Å²) in [6, 6.07) is 0.722. The Morgan fingerprint density at radius 2 is 2.00 bits per heavy atom. The quantitative estimate of drug-likeness (QED) is 0.819. The number of piperidine rings is 1. The van der Waals surface area contributed by atoms with Crippen LogP contribution in [0.3, 0.4) is 0 Å². The Labute approximate surface area is 107 Å². The summed E-state index contributed by atoms with van der Waals surface area (Å²) in [5, 5.41) is 0. The van der Waals surface area contributed by atoms with Gasteiger partial charge in [0.25, 0.3) is 0 Å². The Balaban J connectivity index is 2.21. The predicted molar refractivity (Wildman–Crippen MR) is 74.0 cm³/mol. The molecule has 0 radical (unpaired) electrons. The van der Waals surface area contributed by atoms with Crippen LogP contribution in [0.25, 0.3) is 0 Å². The van der Waals surface area contributed by atoms with Crippen LogP contribution in [0.2, 0.25) is 0 Å². The second-order valence-electron chi connectivity index (χ2n) is 6.36. The van der Waals surface area contributed by atoms with Crippen molar-refractivity contribution in [3.05, 3.63) is 0 Å². The summed E-state index contributed by atoms with van der Waals surface area (Å²) in [5.74, 6) is 1.67. The smallest absolute Gasteiger partial charge is 0.0362 e. The van der Waals surface area contributed by atoms with Crippen LogP contribution in [0.15, 0.2) is 0 Å². The van der Waals surface area contributed by atoms with E-state index >= 15 is 0 Å². The largest absolute Gasteiger partial charge is 0.329 e. The number of rotatable bonds is 3. The zero-order valence-corrected chi connectivity index (χ0v) is 11.9. The lowest BCUT2D eigenvalue weighted by Crippen LogP contribution is -2.62. The molecule has 2 N–H and O–H groups in total. The summed E-state index contributed by atoms with van der Waals surface area (Å²) >= 11 is 0. The van der Waals surface area contributed by atoms with Gasteiger partial charge in [-0.05, 0) is 51.0 Å². The molecule has 100 valence electrons. The number of nitrogens with zero attached hydrogens (tertiary/aromatic N) is 1. The third-order valence-corrected chi connectivity index (χ3v) is 5.71. The van der Waals surface area contributed by atoms with Crippen molar-refractivity contribution in [2.75, 3.05) is 13.1 Å². The van der Waals surface area contributed by atoms with E-state index in [4.69, 9.17) is 5.73 Å². The van der Waals surface area contributed by atoms with E-state index in [9.17, 15) is 0 Å². The van der Waals surface area contributed by atoms with Crippen LogP contribution >= 0.6 is 0 Å². The Morgan fingerprint density at radius 3 is 2.65 bits per heavy atom. The standard InChI is InChI=1S/C15H30N2/c1-4-14-8-5-9-15(14,11-16)17-10-6-7-12(2)13(17)3/h12-14H,4-11,16H2,1-3H3. The molecule has 1 aliphatic carbocycles. The second-order valence-corrected chi connectivity index (χ2v) is 6.36. The molecule has 1 saturated carbocycles. The van der Waals surface area contributed by atoms with E-state index in [1.807, 2.05) is 0 Å². The minimum absolute atomic E-state index is 0.336. The summed E-state index contributed by atoms with van der Waals surface area (Å²) < 4.78 is 0. The maximum Gasteiger partial charge on any atom is 0.0362 e. The number of likely N-dealkylation sites (tertiary alicyclic amines) is 1. The Hall–Kier alpha value is -0.0800. The monoisotopic (exact) mass is 238 g/mol. The third kappa shape index (κ3) is 2.15. The van der Waals surface area contributed by atoms with Gasteiger partial charge in [0.2, 0.25) is 0 Å². The molecule has 2 rings (SSSR count). The van der Waals surface area contributed by atoms with Gasteiger partial charge < -0.3 is 5.73 Å². The normalized spacial score (nSPS) is 44.1. The fourth-order valence-electron chi connectivity index (χ4n) is 4.44. The molecule has 2 nitrogen and oxygen atoms in total. The van der Waals surface area contributed by atoms with Crippen LogP contribution in [0.1, 0.15) is 59.3 Å². The fourth-order valence-corrected chi connectivity index (χ4v) is 4.44. The summed E-state index contributed by atoms with van der Waals surface area (Å²) in [6.45, 7) is 9.32. The number of nitrogens with two attached hydrogens (primary N) is 1. The molecule has 2 heteroatoms. The van der Waals surface area contributed by atoms with Crippen molar-refractivity contribution in [1.82, 2.24) is 4.90 Å². The van der Waals surface area contributed by atoms with Gasteiger partial charge in [0.15, 0.2) is 0 Å². The molecule has 4 atom stereocenters. The molecule has 2 fully saturated rings. The van der Waals surface area contributed by atoms with Gasteiger partial charge in [-0.3, -0.25) is 4.90 Å². The van der Waals surface area contributed by atoms with E-state index in [0.717, 1.165) is 24.4 Å². The number of hydrogen-bond acceptors (Lipinski definition) is 2. The second kappa shape index (κ2) is 5.27. The van der Waals surface area contributed by atoms with Gasteiger partial charge in [-0.2, -0.15) is 0 Å². The highest BCUT2D eigenvalue weighted by atomic mass is 15.3. The molecule has 4 unspecified atom stereocenters. The SMILES string of the molecule is CCC1CCCC1(CN)N1CCCC(C)C1C. The molecule has 0 bridgehead atoms. The van der Waals surface area contributed by atoms with Crippen molar-refractivity contribution in [3.8, 4) is 0 Å². The van der Waals surface area contributed by atoms with E-state index in [-0.39, 0.29) is 0 Å². The average Bonchev–Trinajstić information content (AvgIpc) is 2.76. The van der Waals surface area contributed by atoms with E-state index in [1.54, 1.807) is 0 Å². The van der Waals surface area contributed by atoms with Gasteiger partial charge >= 0.3 is 0 Å². The fraction of sp³-hybridized carbons (Fsp3) is 1.00. The minimum atomic E-state index is 0.336. The lowest BCUT2D eigenvalue weighted by Gasteiger charge is -2.52. The van der Waals surface area contributed by atoms with E-state index < -0.39 is 0 Å². The summed E-state index contributed by atoms with van der Waals surface area (Å²) in [6.07, 6.45) is 8.17. The van der Waals surface area contributed by atoms with Gasteiger partial charge in [-0.25, -0.2) is 0 Å². The molecule has 1 heterocycles. The van der Waals surface area contributed by atoms with Crippen molar-refractivity contribution in [3.63, 3.8) is 0 Å². The predicted octanol–water partition coefficient (Wildman–Crippen LogP) is 3.01. The third-order valence-electron chi connectivity index (χ3n) is 5.71. The molecular weight excluding hydrogens is 208 g/mol. The van der Waals surface area contributed by atoms with E-state index in [1.165, 1.54) is 45.1 Å². The first-order valence-electron chi connectivity index (χ1n) is 7.62.